The normalized spacial score (nSPS) is 19.4. The van der Waals surface area contributed by atoms with Gasteiger partial charge < -0.3 is 10.4 Å². The Kier molecular flexibility index (Phi) is 4.09. The Hall–Kier alpha value is -2.34. The number of aromatic hydroxyl groups is 1. The predicted molar refractivity (Wildman–Crippen MR) is 89.0 cm³/mol. The number of phenols is 1. The van der Waals surface area contributed by atoms with Crippen molar-refractivity contribution >= 4 is 21.4 Å². The van der Waals surface area contributed by atoms with Gasteiger partial charge in [-0.25, -0.2) is 8.42 Å². The van der Waals surface area contributed by atoms with Gasteiger partial charge in [0.05, 0.1) is 5.75 Å². The van der Waals surface area contributed by atoms with E-state index in [0.717, 1.165) is 11.1 Å². The highest BCUT2D eigenvalue weighted by Crippen LogP contribution is 2.25. The topological polar surface area (TPSA) is 83.5 Å². The van der Waals surface area contributed by atoms with Crippen LogP contribution in [-0.4, -0.2) is 30.4 Å². The van der Waals surface area contributed by atoms with Crippen LogP contribution in [0.5, 0.6) is 5.75 Å². The number of amides is 1. The highest BCUT2D eigenvalue weighted by molar-refractivity contribution is 7.93. The minimum absolute atomic E-state index is 0.0848. The number of phenolic OH excluding ortho intramolecular Hbond substituents is 1. The molecule has 0 spiro atoms. The number of sulfone groups is 1. The van der Waals surface area contributed by atoms with Crippen LogP contribution in [0.25, 0.3) is 11.1 Å². The minimum Gasteiger partial charge on any atom is -0.508 e. The van der Waals surface area contributed by atoms with Gasteiger partial charge in [0.2, 0.25) is 5.91 Å². The SMILES string of the molecule is O=C(Nc1ccc(-c2cccc(O)c2)cc1)C1CCCS1(=O)=O. The van der Waals surface area contributed by atoms with Gasteiger partial charge in [0.15, 0.2) is 9.84 Å². The molecule has 1 aliphatic rings. The lowest BCUT2D eigenvalue weighted by Crippen LogP contribution is -2.31. The van der Waals surface area contributed by atoms with Gasteiger partial charge in [-0.05, 0) is 48.2 Å². The molecule has 0 aliphatic carbocycles. The molecule has 1 atom stereocenters. The Morgan fingerprint density at radius 2 is 1.83 bits per heavy atom. The predicted octanol–water partition coefficient (Wildman–Crippen LogP) is 2.57. The van der Waals surface area contributed by atoms with E-state index in [2.05, 4.69) is 5.32 Å². The first-order chi connectivity index (χ1) is 11.0. The Morgan fingerprint density at radius 1 is 1.09 bits per heavy atom. The Balaban J connectivity index is 1.74. The van der Waals surface area contributed by atoms with Gasteiger partial charge in [0.1, 0.15) is 11.0 Å². The van der Waals surface area contributed by atoms with Gasteiger partial charge in [-0.1, -0.05) is 24.3 Å². The van der Waals surface area contributed by atoms with Gasteiger partial charge in [-0.3, -0.25) is 4.79 Å². The molecule has 1 heterocycles. The van der Waals surface area contributed by atoms with Crippen LogP contribution in [0, 0.1) is 0 Å². The lowest BCUT2D eigenvalue weighted by molar-refractivity contribution is -0.115. The highest BCUT2D eigenvalue weighted by atomic mass is 32.2. The Morgan fingerprint density at radius 3 is 2.43 bits per heavy atom. The molecule has 6 heteroatoms. The van der Waals surface area contributed by atoms with Crippen molar-refractivity contribution in [3.05, 3.63) is 48.5 Å². The van der Waals surface area contributed by atoms with Crippen molar-refractivity contribution in [1.82, 2.24) is 0 Å². The summed E-state index contributed by atoms with van der Waals surface area (Å²) in [5.41, 5.74) is 2.31. The number of benzene rings is 2. The first-order valence-corrected chi connectivity index (χ1v) is 9.09. The third kappa shape index (κ3) is 3.37. The molecule has 0 radical (unpaired) electrons. The molecular weight excluding hydrogens is 314 g/mol. The standard InChI is InChI=1S/C17H17NO4S/c19-15-4-1-3-13(11-15)12-6-8-14(9-7-12)18-17(20)16-5-2-10-23(16,21)22/h1,3-4,6-9,11,16,19H,2,5,10H2,(H,18,20). The molecule has 2 aromatic rings. The van der Waals surface area contributed by atoms with Gasteiger partial charge >= 0.3 is 0 Å². The van der Waals surface area contributed by atoms with Crippen molar-refractivity contribution in [3.63, 3.8) is 0 Å². The molecule has 1 saturated heterocycles. The molecule has 1 unspecified atom stereocenters. The second kappa shape index (κ2) is 6.04. The summed E-state index contributed by atoms with van der Waals surface area (Å²) in [6, 6.07) is 13.9. The molecule has 23 heavy (non-hydrogen) atoms. The van der Waals surface area contributed by atoms with Crippen LogP contribution >= 0.6 is 0 Å². The molecule has 1 amide bonds. The maximum atomic E-state index is 12.1. The molecule has 0 aromatic heterocycles. The average molecular weight is 331 g/mol. The summed E-state index contributed by atoms with van der Waals surface area (Å²) in [5, 5.41) is 11.2. The molecular formula is C17H17NO4S. The van der Waals surface area contributed by atoms with E-state index in [9.17, 15) is 18.3 Å². The smallest absolute Gasteiger partial charge is 0.242 e. The zero-order chi connectivity index (χ0) is 16.4. The highest BCUT2D eigenvalue weighted by Gasteiger charge is 2.37. The molecule has 1 fully saturated rings. The van der Waals surface area contributed by atoms with E-state index < -0.39 is 21.0 Å². The molecule has 120 valence electrons. The number of carbonyl (C=O) groups is 1. The maximum absolute atomic E-state index is 12.1. The summed E-state index contributed by atoms with van der Waals surface area (Å²) in [6.45, 7) is 0. The zero-order valence-corrected chi connectivity index (χ0v) is 13.2. The van der Waals surface area contributed by atoms with Crippen molar-refractivity contribution in [2.24, 2.45) is 0 Å². The summed E-state index contributed by atoms with van der Waals surface area (Å²) in [6.07, 6.45) is 0.923. The van der Waals surface area contributed by atoms with E-state index in [-0.39, 0.29) is 11.5 Å². The van der Waals surface area contributed by atoms with Crippen LogP contribution in [0.1, 0.15) is 12.8 Å². The number of hydrogen-bond donors (Lipinski definition) is 2. The third-order valence-corrected chi connectivity index (χ3v) is 6.13. The summed E-state index contributed by atoms with van der Waals surface area (Å²) in [5.74, 6) is -0.194. The zero-order valence-electron chi connectivity index (χ0n) is 12.4. The quantitative estimate of drug-likeness (QED) is 0.905. The number of rotatable bonds is 3. The first kappa shape index (κ1) is 15.6. The molecule has 3 rings (SSSR count). The fourth-order valence-corrected chi connectivity index (χ4v) is 4.50. The van der Waals surface area contributed by atoms with Crippen molar-refractivity contribution < 1.29 is 18.3 Å². The van der Waals surface area contributed by atoms with Crippen LogP contribution in [0.15, 0.2) is 48.5 Å². The number of hydrogen-bond acceptors (Lipinski definition) is 4. The van der Waals surface area contributed by atoms with Crippen molar-refractivity contribution in [1.29, 1.82) is 0 Å². The first-order valence-electron chi connectivity index (χ1n) is 7.38. The third-order valence-electron chi connectivity index (χ3n) is 3.95. The van der Waals surface area contributed by atoms with E-state index in [0.29, 0.717) is 18.5 Å². The van der Waals surface area contributed by atoms with Crippen molar-refractivity contribution in [2.45, 2.75) is 18.1 Å². The van der Waals surface area contributed by atoms with Gasteiger partial charge in [-0.15, -0.1) is 0 Å². The van der Waals surface area contributed by atoms with Crippen LogP contribution in [-0.2, 0) is 14.6 Å². The fraction of sp³-hybridized carbons (Fsp3) is 0.235. The van der Waals surface area contributed by atoms with Gasteiger partial charge in [0.25, 0.3) is 0 Å². The number of nitrogens with one attached hydrogen (secondary N) is 1. The minimum atomic E-state index is -3.30. The second-order valence-corrected chi connectivity index (χ2v) is 7.92. The summed E-state index contributed by atoms with van der Waals surface area (Å²) in [4.78, 5) is 12.1. The van der Waals surface area contributed by atoms with Gasteiger partial charge in [-0.2, -0.15) is 0 Å². The van der Waals surface area contributed by atoms with E-state index in [1.165, 1.54) is 0 Å². The fourth-order valence-electron chi connectivity index (χ4n) is 2.74. The second-order valence-electron chi connectivity index (χ2n) is 5.61. The summed E-state index contributed by atoms with van der Waals surface area (Å²) in [7, 11) is -3.30. The molecule has 2 N–H and O–H groups in total. The van der Waals surface area contributed by atoms with Crippen molar-refractivity contribution in [2.75, 3.05) is 11.1 Å². The molecule has 1 aliphatic heterocycles. The summed E-state index contributed by atoms with van der Waals surface area (Å²) >= 11 is 0. The monoisotopic (exact) mass is 331 g/mol. The maximum Gasteiger partial charge on any atom is 0.242 e. The van der Waals surface area contributed by atoms with E-state index in [1.807, 2.05) is 18.2 Å². The van der Waals surface area contributed by atoms with Crippen LogP contribution < -0.4 is 5.32 Å². The average Bonchev–Trinajstić information content (AvgIpc) is 2.87. The van der Waals surface area contributed by atoms with Crippen LogP contribution in [0.3, 0.4) is 0 Å². The molecule has 2 aromatic carbocycles. The van der Waals surface area contributed by atoms with Gasteiger partial charge in [0, 0.05) is 5.69 Å². The van der Waals surface area contributed by atoms with E-state index in [1.54, 1.807) is 30.3 Å². The lowest BCUT2D eigenvalue weighted by Gasteiger charge is -2.11. The summed E-state index contributed by atoms with van der Waals surface area (Å²) < 4.78 is 23.6. The number of anilines is 1. The lowest BCUT2D eigenvalue weighted by atomic mass is 10.1. The molecule has 0 bridgehead atoms. The molecule has 5 nitrogen and oxygen atoms in total. The number of carbonyl (C=O) groups excluding carboxylic acids is 1. The largest absolute Gasteiger partial charge is 0.508 e. The van der Waals surface area contributed by atoms with Crippen LogP contribution in [0.4, 0.5) is 5.69 Å². The van der Waals surface area contributed by atoms with Crippen LogP contribution in [0.2, 0.25) is 0 Å². The van der Waals surface area contributed by atoms with E-state index >= 15 is 0 Å². The Labute approximate surface area is 134 Å². The van der Waals surface area contributed by atoms with Crippen molar-refractivity contribution in [3.8, 4) is 16.9 Å². The molecule has 0 saturated carbocycles. The van der Waals surface area contributed by atoms with E-state index in [4.69, 9.17) is 0 Å². The Bertz CT molecular complexity index is 828.